The van der Waals surface area contributed by atoms with E-state index in [1.54, 1.807) is 18.1 Å². The molecule has 1 aromatic carbocycles. The average molecular weight is 317 g/mol. The second-order valence-electron chi connectivity index (χ2n) is 5.37. The fourth-order valence-electron chi connectivity index (χ4n) is 2.64. The van der Waals surface area contributed by atoms with Crippen molar-refractivity contribution in [3.63, 3.8) is 0 Å². The molecule has 0 radical (unpaired) electrons. The van der Waals surface area contributed by atoms with Crippen molar-refractivity contribution in [2.24, 2.45) is 0 Å². The number of aromatic nitrogens is 2. The summed E-state index contributed by atoms with van der Waals surface area (Å²) in [7, 11) is 0. The van der Waals surface area contributed by atoms with E-state index in [1.165, 1.54) is 5.56 Å². The van der Waals surface area contributed by atoms with Crippen LogP contribution in [0.25, 0.3) is 0 Å². The number of aliphatic hydroxyl groups is 2. The van der Waals surface area contributed by atoms with Gasteiger partial charge in [-0.3, -0.25) is 0 Å². The molecule has 0 bridgehead atoms. The van der Waals surface area contributed by atoms with Crippen LogP contribution in [0, 0.1) is 0 Å². The van der Waals surface area contributed by atoms with Gasteiger partial charge in [0.25, 0.3) is 0 Å². The third kappa shape index (κ3) is 3.58. The molecule has 3 rings (SSSR count). The highest BCUT2D eigenvalue weighted by molar-refractivity contribution is 7.98. The molecule has 2 atom stereocenters. The highest BCUT2D eigenvalue weighted by atomic mass is 32.2. The fourth-order valence-corrected chi connectivity index (χ4v) is 3.46. The van der Waals surface area contributed by atoms with Crippen molar-refractivity contribution in [3.8, 4) is 0 Å². The summed E-state index contributed by atoms with van der Waals surface area (Å²) in [6, 6.07) is 12.1. The van der Waals surface area contributed by atoms with Crippen LogP contribution in [0.4, 0.5) is 5.82 Å². The maximum Gasteiger partial charge on any atom is 0.133 e. The van der Waals surface area contributed by atoms with Gasteiger partial charge in [0, 0.05) is 18.4 Å². The van der Waals surface area contributed by atoms with Gasteiger partial charge in [-0.1, -0.05) is 30.3 Å². The summed E-state index contributed by atoms with van der Waals surface area (Å²) in [5, 5.41) is 20.1. The maximum absolute atomic E-state index is 9.78. The Kier molecular flexibility index (Phi) is 4.92. The highest BCUT2D eigenvalue weighted by Crippen LogP contribution is 2.27. The normalized spacial score (nSPS) is 21.3. The van der Waals surface area contributed by atoms with Crippen LogP contribution in [0.5, 0.6) is 0 Å². The smallest absolute Gasteiger partial charge is 0.133 e. The number of hydrogen-bond acceptors (Lipinski definition) is 6. The number of anilines is 1. The maximum atomic E-state index is 9.78. The first kappa shape index (κ1) is 15.3. The molecule has 1 fully saturated rings. The van der Waals surface area contributed by atoms with Gasteiger partial charge in [0.05, 0.1) is 18.8 Å². The lowest BCUT2D eigenvalue weighted by atomic mass is 10.2. The lowest BCUT2D eigenvalue weighted by Crippen LogP contribution is -2.33. The predicted octanol–water partition coefficient (Wildman–Crippen LogP) is 1.70. The van der Waals surface area contributed by atoms with Crippen molar-refractivity contribution in [2.75, 3.05) is 18.1 Å². The van der Waals surface area contributed by atoms with Gasteiger partial charge >= 0.3 is 0 Å². The molecule has 1 aromatic heterocycles. The molecule has 2 heterocycles. The Balaban J connectivity index is 1.70. The monoisotopic (exact) mass is 317 g/mol. The van der Waals surface area contributed by atoms with Gasteiger partial charge in [-0.2, -0.15) is 0 Å². The topological polar surface area (TPSA) is 69.5 Å². The molecular weight excluding hydrogens is 298 g/mol. The van der Waals surface area contributed by atoms with Crippen molar-refractivity contribution < 1.29 is 10.2 Å². The Morgan fingerprint density at radius 1 is 1.23 bits per heavy atom. The summed E-state index contributed by atoms with van der Waals surface area (Å²) in [5.41, 5.74) is 1.25. The zero-order chi connectivity index (χ0) is 15.4. The zero-order valence-corrected chi connectivity index (χ0v) is 13.0. The van der Waals surface area contributed by atoms with Crippen molar-refractivity contribution in [1.82, 2.24) is 9.97 Å². The van der Waals surface area contributed by atoms with E-state index in [-0.39, 0.29) is 12.6 Å². The molecule has 0 saturated carbocycles. The standard InChI is InChI=1S/C16H19N3O2S/c20-9-13-6-14(21)8-19(13)15-7-16(18-11-17-15)22-10-12-4-2-1-3-5-12/h1-5,7,11,13-14,20-21H,6,8-10H2/t13-,14-/m0/s1. The molecule has 2 N–H and O–H groups in total. The van der Waals surface area contributed by atoms with Crippen molar-refractivity contribution >= 4 is 17.6 Å². The second-order valence-corrected chi connectivity index (χ2v) is 6.36. The van der Waals surface area contributed by atoms with Gasteiger partial charge in [0.1, 0.15) is 17.2 Å². The first-order valence-electron chi connectivity index (χ1n) is 7.30. The van der Waals surface area contributed by atoms with Gasteiger partial charge < -0.3 is 15.1 Å². The molecule has 0 amide bonds. The number of nitrogens with zero attached hydrogens (tertiary/aromatic N) is 3. The number of benzene rings is 1. The van der Waals surface area contributed by atoms with Gasteiger partial charge in [0.15, 0.2) is 0 Å². The van der Waals surface area contributed by atoms with Crippen molar-refractivity contribution in [1.29, 1.82) is 0 Å². The van der Waals surface area contributed by atoms with E-state index < -0.39 is 6.10 Å². The van der Waals surface area contributed by atoms with Crippen LogP contribution in [0.1, 0.15) is 12.0 Å². The van der Waals surface area contributed by atoms with Crippen LogP contribution in [0.2, 0.25) is 0 Å². The van der Waals surface area contributed by atoms with Crippen LogP contribution >= 0.6 is 11.8 Å². The Bertz CT molecular complexity index is 611. The molecule has 0 unspecified atom stereocenters. The molecule has 116 valence electrons. The van der Waals surface area contributed by atoms with Crippen molar-refractivity contribution in [2.45, 2.75) is 29.3 Å². The minimum absolute atomic E-state index is 0.0214. The zero-order valence-electron chi connectivity index (χ0n) is 12.2. The Labute approximate surface area is 134 Å². The van der Waals surface area contributed by atoms with E-state index in [0.29, 0.717) is 13.0 Å². The summed E-state index contributed by atoms with van der Waals surface area (Å²) < 4.78 is 0. The lowest BCUT2D eigenvalue weighted by Gasteiger charge is -2.23. The summed E-state index contributed by atoms with van der Waals surface area (Å²) >= 11 is 1.65. The summed E-state index contributed by atoms with van der Waals surface area (Å²) in [4.78, 5) is 10.5. The lowest BCUT2D eigenvalue weighted by molar-refractivity contribution is 0.184. The van der Waals surface area contributed by atoms with Crippen LogP contribution in [-0.4, -0.2) is 45.5 Å². The molecule has 1 saturated heterocycles. The summed E-state index contributed by atoms with van der Waals surface area (Å²) in [6.07, 6.45) is 1.71. The summed E-state index contributed by atoms with van der Waals surface area (Å²) in [5.74, 6) is 1.62. The molecule has 0 spiro atoms. The molecule has 22 heavy (non-hydrogen) atoms. The van der Waals surface area contributed by atoms with Gasteiger partial charge in [-0.25, -0.2) is 9.97 Å². The minimum Gasteiger partial charge on any atom is -0.394 e. The van der Waals surface area contributed by atoms with E-state index >= 15 is 0 Å². The molecule has 1 aliphatic heterocycles. The molecule has 0 aliphatic carbocycles. The summed E-state index contributed by atoms with van der Waals surface area (Å²) in [6.45, 7) is 0.526. The largest absolute Gasteiger partial charge is 0.394 e. The molecule has 5 nitrogen and oxygen atoms in total. The Morgan fingerprint density at radius 3 is 2.82 bits per heavy atom. The van der Waals surface area contributed by atoms with Gasteiger partial charge in [-0.15, -0.1) is 11.8 Å². The SMILES string of the molecule is OC[C@@H]1C[C@H](O)CN1c1cc(SCc2ccccc2)ncn1. The number of β-amino-alcohol motifs (C(OH)–C–C–N with tert-alkyl or cyclic N) is 1. The molecule has 6 heteroatoms. The van der Waals surface area contributed by atoms with Gasteiger partial charge in [0.2, 0.25) is 0 Å². The minimum atomic E-state index is -0.410. The van der Waals surface area contributed by atoms with Crippen molar-refractivity contribution in [3.05, 3.63) is 48.3 Å². The van der Waals surface area contributed by atoms with E-state index in [2.05, 4.69) is 22.1 Å². The number of rotatable bonds is 5. The first-order chi connectivity index (χ1) is 10.8. The average Bonchev–Trinajstić information content (AvgIpc) is 2.95. The van der Waals surface area contributed by atoms with E-state index in [4.69, 9.17) is 0 Å². The number of thioether (sulfide) groups is 1. The second kappa shape index (κ2) is 7.09. The van der Waals surface area contributed by atoms with Gasteiger partial charge in [-0.05, 0) is 12.0 Å². The van der Waals surface area contributed by atoms with Crippen LogP contribution in [0.3, 0.4) is 0 Å². The Morgan fingerprint density at radius 2 is 2.05 bits per heavy atom. The number of hydrogen-bond donors (Lipinski definition) is 2. The quantitative estimate of drug-likeness (QED) is 0.646. The highest BCUT2D eigenvalue weighted by Gasteiger charge is 2.31. The van der Waals surface area contributed by atoms with E-state index in [1.807, 2.05) is 29.2 Å². The van der Waals surface area contributed by atoms with Crippen LogP contribution < -0.4 is 4.90 Å². The molecule has 2 aromatic rings. The molecular formula is C16H19N3O2S. The Hall–Kier alpha value is -1.63. The van der Waals surface area contributed by atoms with Crippen LogP contribution in [0.15, 0.2) is 47.8 Å². The molecule has 1 aliphatic rings. The third-order valence-electron chi connectivity index (χ3n) is 3.75. The van der Waals surface area contributed by atoms with E-state index in [9.17, 15) is 10.2 Å². The first-order valence-corrected chi connectivity index (χ1v) is 8.29. The third-order valence-corrected chi connectivity index (χ3v) is 4.75. The number of aliphatic hydroxyl groups excluding tert-OH is 2. The predicted molar refractivity (Wildman–Crippen MR) is 86.9 cm³/mol. The van der Waals surface area contributed by atoms with Crippen LogP contribution in [-0.2, 0) is 5.75 Å². The van der Waals surface area contributed by atoms with E-state index in [0.717, 1.165) is 16.6 Å². The fraction of sp³-hybridized carbons (Fsp3) is 0.375.